The van der Waals surface area contributed by atoms with Crippen molar-refractivity contribution in [3.8, 4) is 0 Å². The number of carbonyl (C=O) groups excluding carboxylic acids is 2. The van der Waals surface area contributed by atoms with Crippen LogP contribution in [0.15, 0.2) is 80.8 Å². The number of ether oxygens (including phenoxy) is 1. The number of nitrogens with zero attached hydrogens (tertiary/aromatic N) is 1. The fraction of sp³-hybridized carbons (Fsp3) is 0.185. The molecular formula is C27H25ClN2O6S. The van der Waals surface area contributed by atoms with Crippen LogP contribution in [0.5, 0.6) is 0 Å². The molecule has 0 radical (unpaired) electrons. The number of rotatable bonds is 7. The van der Waals surface area contributed by atoms with E-state index >= 15 is 0 Å². The average molecular weight is 541 g/mol. The van der Waals surface area contributed by atoms with Crippen LogP contribution in [-0.4, -0.2) is 27.4 Å². The second kappa shape index (κ2) is 10.4. The van der Waals surface area contributed by atoms with Gasteiger partial charge in [0.15, 0.2) is 0 Å². The first-order chi connectivity index (χ1) is 17.5. The third kappa shape index (κ3) is 5.39. The number of nitrogens with one attached hydrogen (secondary N) is 1. The standard InChI is InChI=1S/C27H25ClN2O6S/c1-16-5-8-20(13-17(16)2)30-18(3)25(27(32)35-4)24(26(30)31)14-21-9-10-22(36-21)15-29-37(33,34)23-11-6-19(28)7-12-23/h5-14,29H,15H2,1-4H3/b24-14+. The van der Waals surface area contributed by atoms with E-state index in [4.69, 9.17) is 20.8 Å². The summed E-state index contributed by atoms with van der Waals surface area (Å²) in [6.07, 6.45) is 1.45. The normalized spacial score (nSPS) is 15.1. The highest BCUT2D eigenvalue weighted by Gasteiger charge is 2.38. The molecule has 0 unspecified atom stereocenters. The van der Waals surface area contributed by atoms with Crippen LogP contribution in [-0.2, 0) is 30.9 Å². The quantitative estimate of drug-likeness (QED) is 0.337. The Kier molecular flexibility index (Phi) is 7.40. The lowest BCUT2D eigenvalue weighted by molar-refractivity contribution is -0.136. The van der Waals surface area contributed by atoms with Crippen molar-refractivity contribution in [3.63, 3.8) is 0 Å². The third-order valence-electron chi connectivity index (χ3n) is 6.07. The Hall–Kier alpha value is -3.66. The molecule has 10 heteroatoms. The molecule has 1 N–H and O–H groups in total. The second-order valence-corrected chi connectivity index (χ2v) is 10.7. The number of esters is 1. The molecule has 2 heterocycles. The molecule has 0 saturated carbocycles. The van der Waals surface area contributed by atoms with Crippen molar-refractivity contribution in [1.29, 1.82) is 0 Å². The van der Waals surface area contributed by atoms with Gasteiger partial charge in [0.25, 0.3) is 5.91 Å². The number of furan rings is 1. The third-order valence-corrected chi connectivity index (χ3v) is 7.74. The first-order valence-electron chi connectivity index (χ1n) is 11.3. The second-order valence-electron chi connectivity index (χ2n) is 8.50. The van der Waals surface area contributed by atoms with Crippen LogP contribution in [0.2, 0.25) is 5.02 Å². The highest BCUT2D eigenvalue weighted by atomic mass is 35.5. The lowest BCUT2D eigenvalue weighted by Gasteiger charge is -2.19. The summed E-state index contributed by atoms with van der Waals surface area (Å²) >= 11 is 5.83. The van der Waals surface area contributed by atoms with Gasteiger partial charge in [-0.25, -0.2) is 17.9 Å². The summed E-state index contributed by atoms with van der Waals surface area (Å²) < 4.78 is 38.2. The number of methoxy groups -OCH3 is 1. The van der Waals surface area contributed by atoms with Gasteiger partial charge in [-0.05, 0) is 86.5 Å². The van der Waals surface area contributed by atoms with Crippen molar-refractivity contribution in [3.05, 3.63) is 99.1 Å². The Morgan fingerprint density at radius 3 is 2.41 bits per heavy atom. The molecule has 8 nitrogen and oxygen atoms in total. The fourth-order valence-electron chi connectivity index (χ4n) is 3.93. The maximum atomic E-state index is 13.5. The molecule has 2 aromatic carbocycles. The van der Waals surface area contributed by atoms with Gasteiger partial charge in [-0.15, -0.1) is 0 Å². The van der Waals surface area contributed by atoms with Crippen LogP contribution < -0.4 is 9.62 Å². The monoisotopic (exact) mass is 540 g/mol. The number of benzene rings is 2. The van der Waals surface area contributed by atoms with E-state index in [0.717, 1.165) is 11.1 Å². The van der Waals surface area contributed by atoms with E-state index in [1.807, 2.05) is 32.0 Å². The number of aryl methyl sites for hydroxylation is 2. The van der Waals surface area contributed by atoms with Crippen molar-refractivity contribution in [2.24, 2.45) is 0 Å². The van der Waals surface area contributed by atoms with E-state index < -0.39 is 21.9 Å². The number of amides is 1. The van der Waals surface area contributed by atoms with E-state index in [-0.39, 0.29) is 28.3 Å². The van der Waals surface area contributed by atoms with Crippen LogP contribution in [0.3, 0.4) is 0 Å². The zero-order chi connectivity index (χ0) is 26.9. The highest BCUT2D eigenvalue weighted by molar-refractivity contribution is 7.89. The molecule has 0 fully saturated rings. The largest absolute Gasteiger partial charge is 0.465 e. The van der Waals surface area contributed by atoms with Crippen molar-refractivity contribution in [2.75, 3.05) is 12.0 Å². The minimum absolute atomic E-state index is 0.0668. The predicted molar refractivity (Wildman–Crippen MR) is 140 cm³/mol. The van der Waals surface area contributed by atoms with Crippen LogP contribution in [0.1, 0.15) is 29.6 Å². The van der Waals surface area contributed by atoms with Crippen molar-refractivity contribution in [1.82, 2.24) is 4.72 Å². The molecule has 0 spiro atoms. The number of carbonyl (C=O) groups is 2. The molecule has 0 saturated heterocycles. The summed E-state index contributed by atoms with van der Waals surface area (Å²) in [5.74, 6) is -0.449. The molecule has 0 bridgehead atoms. The van der Waals surface area contributed by atoms with Crippen molar-refractivity contribution in [2.45, 2.75) is 32.2 Å². The molecule has 1 aliphatic heterocycles. The fourth-order valence-corrected chi connectivity index (χ4v) is 5.05. The van der Waals surface area contributed by atoms with E-state index in [1.165, 1.54) is 42.4 Å². The van der Waals surface area contributed by atoms with E-state index in [2.05, 4.69) is 4.72 Å². The lowest BCUT2D eigenvalue weighted by atomic mass is 10.1. The van der Waals surface area contributed by atoms with Gasteiger partial charge < -0.3 is 9.15 Å². The van der Waals surface area contributed by atoms with Gasteiger partial charge in [0.2, 0.25) is 10.0 Å². The SMILES string of the molecule is COC(=O)C1=C(C)N(c2ccc(C)c(C)c2)C(=O)/C1=C/c1ccc(CNS(=O)(=O)c2ccc(Cl)cc2)o1. The molecule has 3 aromatic rings. The molecule has 192 valence electrons. The van der Waals surface area contributed by atoms with Gasteiger partial charge in [0.05, 0.1) is 29.7 Å². The van der Waals surface area contributed by atoms with Gasteiger partial charge in [-0.2, -0.15) is 0 Å². The van der Waals surface area contributed by atoms with Crippen LogP contribution in [0.25, 0.3) is 6.08 Å². The van der Waals surface area contributed by atoms with E-state index in [9.17, 15) is 18.0 Å². The van der Waals surface area contributed by atoms with Crippen molar-refractivity contribution >= 4 is 45.3 Å². The van der Waals surface area contributed by atoms with Gasteiger partial charge >= 0.3 is 5.97 Å². The maximum Gasteiger partial charge on any atom is 0.340 e. The van der Waals surface area contributed by atoms with E-state index in [0.29, 0.717) is 22.2 Å². The molecular weight excluding hydrogens is 516 g/mol. The number of allylic oxidation sites excluding steroid dienone is 1. The molecule has 0 aliphatic carbocycles. The molecule has 1 aliphatic rings. The van der Waals surface area contributed by atoms with Gasteiger partial charge in [-0.1, -0.05) is 17.7 Å². The molecule has 1 amide bonds. The minimum Gasteiger partial charge on any atom is -0.465 e. The lowest BCUT2D eigenvalue weighted by Crippen LogP contribution is -2.24. The summed E-state index contributed by atoms with van der Waals surface area (Å²) in [5.41, 5.74) is 3.40. The summed E-state index contributed by atoms with van der Waals surface area (Å²) in [6.45, 7) is 5.49. The summed E-state index contributed by atoms with van der Waals surface area (Å²) in [6, 6.07) is 14.6. The van der Waals surface area contributed by atoms with Gasteiger partial charge in [0.1, 0.15) is 11.5 Å². The first-order valence-corrected chi connectivity index (χ1v) is 13.1. The van der Waals surface area contributed by atoms with Crippen LogP contribution in [0.4, 0.5) is 5.69 Å². The van der Waals surface area contributed by atoms with Crippen molar-refractivity contribution < 1.29 is 27.2 Å². The predicted octanol–water partition coefficient (Wildman–Crippen LogP) is 4.91. The van der Waals surface area contributed by atoms with E-state index in [1.54, 1.807) is 19.1 Å². The molecule has 4 rings (SSSR count). The number of hydrogen-bond acceptors (Lipinski definition) is 6. The Balaban J connectivity index is 1.61. The Labute approximate surface area is 220 Å². The topological polar surface area (TPSA) is 106 Å². The highest BCUT2D eigenvalue weighted by Crippen LogP contribution is 2.36. The molecule has 37 heavy (non-hydrogen) atoms. The average Bonchev–Trinajstić information content (AvgIpc) is 3.41. The zero-order valence-corrected chi connectivity index (χ0v) is 22.2. The Bertz CT molecular complexity index is 1550. The number of sulfonamides is 1. The number of halogens is 1. The van der Waals surface area contributed by atoms with Gasteiger partial charge in [-0.3, -0.25) is 9.69 Å². The number of hydrogen-bond donors (Lipinski definition) is 1. The summed E-state index contributed by atoms with van der Waals surface area (Å²) in [5, 5.41) is 0.427. The zero-order valence-electron chi connectivity index (χ0n) is 20.7. The van der Waals surface area contributed by atoms with Gasteiger partial charge in [0, 0.05) is 16.4 Å². The van der Waals surface area contributed by atoms with Crippen LogP contribution in [0, 0.1) is 13.8 Å². The first kappa shape index (κ1) is 26.4. The minimum atomic E-state index is -3.79. The Morgan fingerprint density at radius 1 is 1.05 bits per heavy atom. The Morgan fingerprint density at radius 2 is 1.76 bits per heavy atom. The summed E-state index contributed by atoms with van der Waals surface area (Å²) in [4.78, 5) is 27.6. The van der Waals surface area contributed by atoms with Crippen LogP contribution >= 0.6 is 11.6 Å². The smallest absolute Gasteiger partial charge is 0.340 e. The summed E-state index contributed by atoms with van der Waals surface area (Å²) in [7, 11) is -2.53. The maximum absolute atomic E-state index is 13.5. The molecule has 1 aromatic heterocycles. The molecule has 0 atom stereocenters. The number of anilines is 1.